The zero-order valence-electron chi connectivity index (χ0n) is 17.7. The van der Waals surface area contributed by atoms with Crippen molar-refractivity contribution in [2.24, 2.45) is 11.8 Å². The van der Waals surface area contributed by atoms with E-state index in [0.717, 1.165) is 63.4 Å². The molecule has 0 unspecified atom stereocenters. The second-order valence-electron chi connectivity index (χ2n) is 8.72. The Labute approximate surface area is 182 Å². The zero-order chi connectivity index (χ0) is 22.2. The normalized spacial score (nSPS) is 26.5. The van der Waals surface area contributed by atoms with Crippen LogP contribution in [0.25, 0.3) is 0 Å². The van der Waals surface area contributed by atoms with Crippen molar-refractivity contribution in [1.29, 1.82) is 10.5 Å². The van der Waals surface area contributed by atoms with Gasteiger partial charge in [-0.05, 0) is 99.8 Å². The molecule has 4 nitrogen and oxygen atoms in total. The minimum Gasteiger partial charge on any atom is -0.462 e. The number of esters is 1. The van der Waals surface area contributed by atoms with E-state index in [1.807, 2.05) is 12.1 Å². The molecule has 0 heterocycles. The van der Waals surface area contributed by atoms with Gasteiger partial charge in [0.25, 0.3) is 0 Å². The third kappa shape index (κ3) is 6.37. The van der Waals surface area contributed by atoms with E-state index in [4.69, 9.17) is 15.3 Å². The molecule has 3 rings (SSSR count). The minimum absolute atomic E-state index is 0.0412. The number of halogens is 2. The number of rotatable bonds is 6. The summed E-state index contributed by atoms with van der Waals surface area (Å²) < 4.78 is 32.5. The molecule has 0 aliphatic heterocycles. The van der Waals surface area contributed by atoms with Crippen molar-refractivity contribution >= 4 is 5.97 Å². The van der Waals surface area contributed by atoms with Crippen LogP contribution >= 0.6 is 0 Å². The molecule has 2 aliphatic carbocycles. The van der Waals surface area contributed by atoms with Gasteiger partial charge in [-0.25, -0.2) is 4.39 Å². The molecule has 6 heteroatoms. The van der Waals surface area contributed by atoms with E-state index in [1.165, 1.54) is 24.3 Å². The van der Waals surface area contributed by atoms with E-state index >= 15 is 0 Å². The molecule has 0 spiro atoms. The number of benzene rings is 1. The Kier molecular flexibility index (Phi) is 8.18. The van der Waals surface area contributed by atoms with Crippen LogP contribution in [0.1, 0.15) is 81.3 Å². The molecule has 0 N–H and O–H groups in total. The number of hydrogen-bond acceptors (Lipinski definition) is 4. The van der Waals surface area contributed by atoms with Gasteiger partial charge in [0.05, 0.1) is 11.5 Å². The van der Waals surface area contributed by atoms with Gasteiger partial charge in [0.2, 0.25) is 0 Å². The van der Waals surface area contributed by atoms with Crippen molar-refractivity contribution in [3.05, 3.63) is 47.0 Å². The molecule has 0 radical (unpaired) electrons. The lowest BCUT2D eigenvalue weighted by atomic mass is 9.78. The summed E-state index contributed by atoms with van der Waals surface area (Å²) in [5, 5.41) is 17.3. The molecule has 2 fully saturated rings. The van der Waals surface area contributed by atoms with E-state index in [0.29, 0.717) is 12.3 Å². The fraction of sp³-hybridized carbons (Fsp3) is 0.560. The van der Waals surface area contributed by atoms with Crippen molar-refractivity contribution in [3.63, 3.8) is 0 Å². The quantitative estimate of drug-likeness (QED) is 0.399. The molecule has 0 saturated heterocycles. The van der Waals surface area contributed by atoms with Crippen LogP contribution in [0, 0.1) is 40.3 Å². The molecule has 1 aromatic carbocycles. The number of allylic oxidation sites excluding steroid dienone is 2. The number of hydrogen-bond donors (Lipinski definition) is 0. The van der Waals surface area contributed by atoms with Crippen LogP contribution in [0.15, 0.2) is 30.1 Å². The Morgan fingerprint density at radius 3 is 2.42 bits per heavy atom. The van der Waals surface area contributed by atoms with Gasteiger partial charge in [-0.1, -0.05) is 6.07 Å². The van der Waals surface area contributed by atoms with E-state index in [9.17, 15) is 13.6 Å². The monoisotopic (exact) mass is 426 g/mol. The highest BCUT2D eigenvalue weighted by Gasteiger charge is 2.31. The van der Waals surface area contributed by atoms with Gasteiger partial charge in [-0.2, -0.15) is 14.9 Å². The average molecular weight is 427 g/mol. The molecular weight excluding hydrogens is 398 g/mol. The maximum Gasteiger partial charge on any atom is 0.309 e. The number of nitriles is 2. The summed E-state index contributed by atoms with van der Waals surface area (Å²) in [6.45, 7) is 0. The van der Waals surface area contributed by atoms with Crippen molar-refractivity contribution in [1.82, 2.24) is 0 Å². The fourth-order valence-corrected chi connectivity index (χ4v) is 4.83. The van der Waals surface area contributed by atoms with Gasteiger partial charge < -0.3 is 4.74 Å². The van der Waals surface area contributed by atoms with Crippen molar-refractivity contribution in [3.8, 4) is 12.1 Å². The first-order valence-electron chi connectivity index (χ1n) is 11.2. The Bertz CT molecular complexity index is 884. The van der Waals surface area contributed by atoms with Gasteiger partial charge in [-0.3, -0.25) is 4.79 Å². The van der Waals surface area contributed by atoms with Crippen molar-refractivity contribution in [2.45, 2.75) is 76.2 Å². The molecule has 0 amide bonds. The van der Waals surface area contributed by atoms with Crippen LogP contribution < -0.4 is 0 Å². The zero-order valence-corrected chi connectivity index (χ0v) is 17.7. The van der Waals surface area contributed by atoms with Gasteiger partial charge in [0, 0.05) is 0 Å². The van der Waals surface area contributed by atoms with Crippen LogP contribution in [-0.4, -0.2) is 12.1 Å². The fourth-order valence-electron chi connectivity index (χ4n) is 4.83. The number of ether oxygens (including phenoxy) is 1. The Balaban J connectivity index is 1.39. The summed E-state index contributed by atoms with van der Waals surface area (Å²) in [6.07, 6.45) is 9.39. The van der Waals surface area contributed by atoms with Crippen molar-refractivity contribution in [2.75, 3.05) is 0 Å². The molecule has 1 aromatic rings. The highest BCUT2D eigenvalue weighted by molar-refractivity contribution is 5.72. The highest BCUT2D eigenvalue weighted by atomic mass is 19.1. The van der Waals surface area contributed by atoms with Crippen LogP contribution in [0.5, 0.6) is 0 Å². The van der Waals surface area contributed by atoms with Gasteiger partial charge in [-0.15, -0.1) is 0 Å². The first-order chi connectivity index (χ1) is 15.0. The summed E-state index contributed by atoms with van der Waals surface area (Å²) in [6, 6.07) is 8.12. The summed E-state index contributed by atoms with van der Waals surface area (Å²) in [4.78, 5) is 12.6. The van der Waals surface area contributed by atoms with Gasteiger partial charge in [0.1, 0.15) is 24.1 Å². The average Bonchev–Trinajstić information content (AvgIpc) is 2.80. The van der Waals surface area contributed by atoms with Crippen LogP contribution in [-0.2, 0) is 9.53 Å². The summed E-state index contributed by atoms with van der Waals surface area (Å²) >= 11 is 0. The lowest BCUT2D eigenvalue weighted by Gasteiger charge is -2.31. The standard InChI is InChI=1S/C25H28F2N2O2/c26-22(16-29)3-1-2-17-4-12-23(13-5-17)31-25(30)19-8-6-18(7-9-19)20-10-11-21(15-28)24(27)14-20/h3,10-11,14,17-19,23H,1-2,4-9,12-13H2. The Hall–Kier alpha value is -2.73. The maximum absolute atomic E-state index is 13.9. The molecule has 2 saturated carbocycles. The summed E-state index contributed by atoms with van der Waals surface area (Å²) in [7, 11) is 0. The van der Waals surface area contributed by atoms with Crippen LogP contribution in [0.4, 0.5) is 8.78 Å². The number of nitrogens with zero attached hydrogens (tertiary/aromatic N) is 2. The number of carbonyl (C=O) groups is 1. The molecule has 2 aliphatic rings. The molecule has 31 heavy (non-hydrogen) atoms. The lowest BCUT2D eigenvalue weighted by Crippen LogP contribution is -2.29. The predicted molar refractivity (Wildman–Crippen MR) is 112 cm³/mol. The second kappa shape index (κ2) is 11.0. The molecule has 0 bridgehead atoms. The predicted octanol–water partition coefficient (Wildman–Crippen LogP) is 6.23. The topological polar surface area (TPSA) is 73.9 Å². The highest BCUT2D eigenvalue weighted by Crippen LogP contribution is 2.37. The SMILES string of the molecule is N#CC(F)=CCCC1CCC(OC(=O)C2CCC(c3ccc(C#N)c(F)c3)CC2)CC1. The third-order valence-electron chi connectivity index (χ3n) is 6.73. The Morgan fingerprint density at radius 1 is 1.10 bits per heavy atom. The van der Waals surface area contributed by atoms with E-state index in [1.54, 1.807) is 0 Å². The first-order valence-corrected chi connectivity index (χ1v) is 11.2. The molecule has 164 valence electrons. The van der Waals surface area contributed by atoms with E-state index in [-0.39, 0.29) is 29.5 Å². The lowest BCUT2D eigenvalue weighted by molar-refractivity contribution is -0.157. The maximum atomic E-state index is 13.9. The van der Waals surface area contributed by atoms with Gasteiger partial charge in [0.15, 0.2) is 5.83 Å². The molecular formula is C25H28F2N2O2. The number of carbonyl (C=O) groups excluding carboxylic acids is 1. The van der Waals surface area contributed by atoms with Crippen LogP contribution in [0.2, 0.25) is 0 Å². The van der Waals surface area contributed by atoms with Crippen molar-refractivity contribution < 1.29 is 18.3 Å². The third-order valence-corrected chi connectivity index (χ3v) is 6.73. The molecule has 0 atom stereocenters. The summed E-state index contributed by atoms with van der Waals surface area (Å²) in [5.41, 5.74) is 0.952. The van der Waals surface area contributed by atoms with E-state index < -0.39 is 11.6 Å². The molecule has 0 aromatic heterocycles. The van der Waals surface area contributed by atoms with Gasteiger partial charge >= 0.3 is 5.97 Å². The first kappa shape index (κ1) is 22.9. The largest absolute Gasteiger partial charge is 0.462 e. The second-order valence-corrected chi connectivity index (χ2v) is 8.72. The van der Waals surface area contributed by atoms with Crippen LogP contribution in [0.3, 0.4) is 0 Å². The smallest absolute Gasteiger partial charge is 0.309 e. The minimum atomic E-state index is -0.721. The summed E-state index contributed by atoms with van der Waals surface area (Å²) in [5.74, 6) is -0.726. The Morgan fingerprint density at radius 2 is 1.81 bits per heavy atom. The van der Waals surface area contributed by atoms with E-state index in [2.05, 4.69) is 0 Å².